The quantitative estimate of drug-likeness (QED) is 0.303. The Morgan fingerprint density at radius 2 is 1.50 bits per heavy atom. The minimum Gasteiger partial charge on any atom is -0.490 e. The van der Waals surface area contributed by atoms with Crippen LogP contribution in [-0.4, -0.2) is 70.9 Å². The van der Waals surface area contributed by atoms with Gasteiger partial charge in [-0.05, 0) is 43.8 Å². The Hall–Kier alpha value is -2.37. The maximum Gasteiger partial charge on any atom is 0.169 e. The molecule has 0 atom stereocenters. The van der Waals surface area contributed by atoms with Crippen molar-refractivity contribution in [1.29, 1.82) is 0 Å². The first-order chi connectivity index (χ1) is 14.2. The minimum absolute atomic E-state index is 0.676. The van der Waals surface area contributed by atoms with E-state index in [0.717, 1.165) is 47.5 Å². The van der Waals surface area contributed by atoms with Crippen LogP contribution in [0.3, 0.4) is 0 Å². The van der Waals surface area contributed by atoms with Gasteiger partial charge in [0, 0.05) is 25.1 Å². The van der Waals surface area contributed by atoms with Gasteiger partial charge in [-0.1, -0.05) is 18.2 Å². The molecule has 0 N–H and O–H groups in total. The van der Waals surface area contributed by atoms with Crippen molar-refractivity contribution >= 4 is 12.2 Å². The van der Waals surface area contributed by atoms with Crippen LogP contribution in [0.25, 0.3) is 12.2 Å². The molecule has 0 amide bonds. The summed E-state index contributed by atoms with van der Waals surface area (Å²) in [6, 6.07) is 10.4. The van der Waals surface area contributed by atoms with E-state index in [1.807, 2.05) is 30.1 Å². The van der Waals surface area contributed by atoms with Crippen molar-refractivity contribution in [3.05, 3.63) is 53.9 Å². The zero-order chi connectivity index (χ0) is 22.0. The SMILES string of the molecule is CN(C)CCCOc1cc(C=Cc2cc[n+](C)cc2)ccc1OCCC[N+](C)(C)C. The maximum absolute atomic E-state index is 6.10. The van der Waals surface area contributed by atoms with Crippen LogP contribution in [0.1, 0.15) is 24.0 Å². The van der Waals surface area contributed by atoms with E-state index in [1.54, 1.807) is 0 Å². The summed E-state index contributed by atoms with van der Waals surface area (Å²) in [5.41, 5.74) is 2.27. The molecule has 0 radical (unpaired) electrons. The summed E-state index contributed by atoms with van der Waals surface area (Å²) >= 11 is 0. The monoisotopic (exact) mass is 413 g/mol. The second-order valence-electron chi connectivity index (χ2n) is 9.06. The third kappa shape index (κ3) is 9.42. The van der Waals surface area contributed by atoms with Gasteiger partial charge < -0.3 is 18.9 Å². The molecular formula is C25H39N3O2+2. The number of hydrogen-bond acceptors (Lipinski definition) is 3. The molecule has 1 heterocycles. The zero-order valence-electron chi connectivity index (χ0n) is 19.6. The lowest BCUT2D eigenvalue weighted by Gasteiger charge is -2.23. The topological polar surface area (TPSA) is 25.6 Å². The fourth-order valence-corrected chi connectivity index (χ4v) is 2.96. The van der Waals surface area contributed by atoms with Gasteiger partial charge in [0.25, 0.3) is 0 Å². The molecule has 0 fully saturated rings. The van der Waals surface area contributed by atoms with E-state index < -0.39 is 0 Å². The second-order valence-corrected chi connectivity index (χ2v) is 9.06. The predicted molar refractivity (Wildman–Crippen MR) is 125 cm³/mol. The molecule has 0 aliphatic carbocycles. The summed E-state index contributed by atoms with van der Waals surface area (Å²) in [6.45, 7) is 3.45. The largest absolute Gasteiger partial charge is 0.490 e. The van der Waals surface area contributed by atoms with E-state index in [9.17, 15) is 0 Å². The highest BCUT2D eigenvalue weighted by atomic mass is 16.5. The molecule has 0 aliphatic heterocycles. The molecule has 30 heavy (non-hydrogen) atoms. The summed E-state index contributed by atoms with van der Waals surface area (Å²) in [5.74, 6) is 1.64. The van der Waals surface area contributed by atoms with Crippen LogP contribution >= 0.6 is 0 Å². The Morgan fingerprint density at radius 1 is 0.867 bits per heavy atom. The van der Waals surface area contributed by atoms with Crippen LogP contribution in [-0.2, 0) is 7.05 Å². The molecule has 164 valence electrons. The van der Waals surface area contributed by atoms with Crippen molar-refractivity contribution in [3.63, 3.8) is 0 Å². The molecule has 5 nitrogen and oxygen atoms in total. The van der Waals surface area contributed by atoms with Crippen molar-refractivity contribution < 1.29 is 18.5 Å². The lowest BCUT2D eigenvalue weighted by atomic mass is 10.1. The lowest BCUT2D eigenvalue weighted by molar-refractivity contribution is -0.870. The number of aryl methyl sites for hydroxylation is 1. The molecule has 1 aromatic heterocycles. The molecule has 0 aliphatic rings. The molecule has 0 bridgehead atoms. The summed E-state index contributed by atoms with van der Waals surface area (Å²) < 4.78 is 15.1. The van der Waals surface area contributed by atoms with Crippen LogP contribution in [0, 0.1) is 0 Å². The molecule has 1 aromatic carbocycles. The first-order valence-electron chi connectivity index (χ1n) is 10.7. The molecular weight excluding hydrogens is 374 g/mol. The first-order valence-corrected chi connectivity index (χ1v) is 10.7. The summed E-state index contributed by atoms with van der Waals surface area (Å²) in [6.07, 6.45) is 10.3. The molecule has 0 saturated heterocycles. The van der Waals surface area contributed by atoms with Gasteiger partial charge in [-0.3, -0.25) is 0 Å². The number of aromatic nitrogens is 1. The summed E-state index contributed by atoms with van der Waals surface area (Å²) in [5, 5.41) is 0. The summed E-state index contributed by atoms with van der Waals surface area (Å²) in [7, 11) is 12.8. The number of hydrogen-bond donors (Lipinski definition) is 0. The van der Waals surface area contributed by atoms with Gasteiger partial charge in [-0.25, -0.2) is 4.57 Å². The Kier molecular flexibility index (Phi) is 9.34. The van der Waals surface area contributed by atoms with Crippen LogP contribution in [0.15, 0.2) is 42.7 Å². The van der Waals surface area contributed by atoms with E-state index in [0.29, 0.717) is 13.2 Å². The number of rotatable bonds is 12. The predicted octanol–water partition coefficient (Wildman–Crippen LogP) is 3.49. The minimum atomic E-state index is 0.676. The van der Waals surface area contributed by atoms with Crippen LogP contribution in [0.2, 0.25) is 0 Å². The molecule has 5 heteroatoms. The van der Waals surface area contributed by atoms with Gasteiger partial charge in [0.15, 0.2) is 23.9 Å². The molecule has 0 spiro atoms. The fraction of sp³-hybridized carbons (Fsp3) is 0.480. The van der Waals surface area contributed by atoms with Crippen molar-refractivity contribution in [3.8, 4) is 11.5 Å². The fourth-order valence-electron chi connectivity index (χ4n) is 2.96. The average Bonchev–Trinajstić information content (AvgIpc) is 2.68. The van der Waals surface area contributed by atoms with Crippen LogP contribution in [0.4, 0.5) is 0 Å². The average molecular weight is 414 g/mol. The van der Waals surface area contributed by atoms with Gasteiger partial charge in [0.05, 0.1) is 40.9 Å². The molecule has 0 saturated carbocycles. The van der Waals surface area contributed by atoms with Gasteiger partial charge in [-0.2, -0.15) is 0 Å². The third-order valence-corrected chi connectivity index (χ3v) is 4.68. The molecule has 0 unspecified atom stereocenters. The Bertz CT molecular complexity index is 793. The first kappa shape index (κ1) is 23.9. The summed E-state index contributed by atoms with van der Waals surface area (Å²) in [4.78, 5) is 2.17. The van der Waals surface area contributed by atoms with Crippen molar-refractivity contribution in [2.75, 3.05) is 61.5 Å². The van der Waals surface area contributed by atoms with Gasteiger partial charge in [-0.15, -0.1) is 0 Å². The van der Waals surface area contributed by atoms with Crippen molar-refractivity contribution in [1.82, 2.24) is 4.90 Å². The molecule has 2 aromatic rings. The van der Waals surface area contributed by atoms with E-state index in [-0.39, 0.29) is 0 Å². The van der Waals surface area contributed by atoms with Gasteiger partial charge in [0.1, 0.15) is 7.05 Å². The Morgan fingerprint density at radius 3 is 2.17 bits per heavy atom. The number of quaternary nitrogens is 1. The number of pyridine rings is 1. The second kappa shape index (κ2) is 11.7. The maximum atomic E-state index is 6.10. The Labute approximate surface area is 182 Å². The van der Waals surface area contributed by atoms with Crippen molar-refractivity contribution in [2.45, 2.75) is 12.8 Å². The van der Waals surface area contributed by atoms with E-state index >= 15 is 0 Å². The van der Waals surface area contributed by atoms with Crippen LogP contribution < -0.4 is 14.0 Å². The zero-order valence-corrected chi connectivity index (χ0v) is 19.6. The van der Waals surface area contributed by atoms with Gasteiger partial charge >= 0.3 is 0 Å². The van der Waals surface area contributed by atoms with E-state index in [2.05, 4.69) is 76.6 Å². The number of ether oxygens (including phenoxy) is 2. The van der Waals surface area contributed by atoms with Crippen LogP contribution in [0.5, 0.6) is 11.5 Å². The van der Waals surface area contributed by atoms with Gasteiger partial charge in [0.2, 0.25) is 0 Å². The smallest absolute Gasteiger partial charge is 0.169 e. The highest BCUT2D eigenvalue weighted by molar-refractivity contribution is 5.70. The van der Waals surface area contributed by atoms with Crippen molar-refractivity contribution in [2.24, 2.45) is 7.05 Å². The highest BCUT2D eigenvalue weighted by Gasteiger charge is 2.09. The standard InChI is InChI=1S/C25H39N3O2/c1-26(2)15-7-19-30-25-21-23(10-9-22-13-16-27(3)17-14-22)11-12-24(25)29-20-8-18-28(4,5)6/h9-14,16-17,21H,7-8,15,18-20H2,1-6H3/q+2. The molecule has 2 rings (SSSR count). The number of nitrogens with zero attached hydrogens (tertiary/aromatic N) is 3. The Balaban J connectivity index is 2.05. The highest BCUT2D eigenvalue weighted by Crippen LogP contribution is 2.29. The number of benzene rings is 1. The third-order valence-electron chi connectivity index (χ3n) is 4.68. The normalized spacial score (nSPS) is 12.0. The van der Waals surface area contributed by atoms with E-state index in [4.69, 9.17) is 9.47 Å². The van der Waals surface area contributed by atoms with E-state index in [1.165, 1.54) is 5.56 Å². The lowest BCUT2D eigenvalue weighted by Crippen LogP contribution is -2.35.